The molecule has 7 heteroatoms. The molecule has 2 N–H and O–H groups in total. The summed E-state index contributed by atoms with van der Waals surface area (Å²) in [7, 11) is 1.59. The summed E-state index contributed by atoms with van der Waals surface area (Å²) in [5, 5.41) is 5.44. The second kappa shape index (κ2) is 9.41. The van der Waals surface area contributed by atoms with Gasteiger partial charge < -0.3 is 19.9 Å². The Morgan fingerprint density at radius 3 is 2.17 bits per heavy atom. The Labute approximate surface area is 170 Å². The molecule has 0 atom stereocenters. The maximum atomic E-state index is 12.8. The standard InChI is InChI=1S/C22H27N3O4/c1-3-23-21(27)18-13-25(16-6-4-5-7-16)14-19(20(18)26)22(28)24-12-15-8-10-17(29-2)11-9-15/h8-11,13-14,16H,3-7,12H2,1-2H3,(H,23,27)(H,24,28). The van der Waals surface area contributed by atoms with E-state index in [-0.39, 0.29) is 23.7 Å². The van der Waals surface area contributed by atoms with Gasteiger partial charge in [-0.2, -0.15) is 0 Å². The number of benzene rings is 1. The van der Waals surface area contributed by atoms with Gasteiger partial charge in [-0.25, -0.2) is 0 Å². The molecule has 0 saturated heterocycles. The normalized spacial score (nSPS) is 13.9. The Kier molecular flexibility index (Phi) is 6.69. The van der Waals surface area contributed by atoms with Crippen LogP contribution in [0, 0.1) is 0 Å². The molecular weight excluding hydrogens is 370 g/mol. The second-order valence-electron chi connectivity index (χ2n) is 7.19. The Hall–Kier alpha value is -3.09. The number of carbonyl (C=O) groups is 2. The van der Waals surface area contributed by atoms with Crippen molar-refractivity contribution in [2.75, 3.05) is 13.7 Å². The Bertz CT molecular complexity index is 928. The van der Waals surface area contributed by atoms with E-state index in [9.17, 15) is 14.4 Å². The third-order valence-electron chi connectivity index (χ3n) is 5.23. The molecule has 29 heavy (non-hydrogen) atoms. The fourth-order valence-electron chi connectivity index (χ4n) is 3.61. The van der Waals surface area contributed by atoms with E-state index in [4.69, 9.17) is 4.74 Å². The molecule has 0 radical (unpaired) electrons. The number of amides is 2. The van der Waals surface area contributed by atoms with E-state index in [1.807, 2.05) is 28.8 Å². The fraction of sp³-hybridized carbons (Fsp3) is 0.409. The van der Waals surface area contributed by atoms with Crippen molar-refractivity contribution in [1.82, 2.24) is 15.2 Å². The number of nitrogens with zero attached hydrogens (tertiary/aromatic N) is 1. The average molecular weight is 397 g/mol. The molecule has 1 aromatic carbocycles. The van der Waals surface area contributed by atoms with Gasteiger partial charge in [0.15, 0.2) is 0 Å². The van der Waals surface area contributed by atoms with E-state index < -0.39 is 17.2 Å². The lowest BCUT2D eigenvalue weighted by Gasteiger charge is -2.17. The molecule has 1 aliphatic rings. The van der Waals surface area contributed by atoms with E-state index in [1.165, 1.54) is 0 Å². The number of hydrogen-bond donors (Lipinski definition) is 2. The van der Waals surface area contributed by atoms with Crippen LogP contribution in [0.5, 0.6) is 5.75 Å². The number of aromatic nitrogens is 1. The Morgan fingerprint density at radius 1 is 1.03 bits per heavy atom. The molecule has 0 spiro atoms. The lowest BCUT2D eigenvalue weighted by atomic mass is 10.1. The number of ether oxygens (including phenoxy) is 1. The lowest BCUT2D eigenvalue weighted by molar-refractivity contribution is 0.0948. The molecule has 1 heterocycles. The monoisotopic (exact) mass is 397 g/mol. The van der Waals surface area contributed by atoms with Crippen LogP contribution < -0.4 is 20.8 Å². The summed E-state index contributed by atoms with van der Waals surface area (Å²) in [6.07, 6.45) is 7.34. The minimum atomic E-state index is -0.544. The highest BCUT2D eigenvalue weighted by atomic mass is 16.5. The van der Waals surface area contributed by atoms with Gasteiger partial charge in [0, 0.05) is 31.5 Å². The molecule has 0 unspecified atom stereocenters. The molecule has 0 bridgehead atoms. The maximum Gasteiger partial charge on any atom is 0.257 e. The summed E-state index contributed by atoms with van der Waals surface area (Å²) in [6, 6.07) is 7.52. The van der Waals surface area contributed by atoms with Gasteiger partial charge in [0.05, 0.1) is 7.11 Å². The van der Waals surface area contributed by atoms with Crippen LogP contribution in [-0.2, 0) is 6.54 Å². The average Bonchev–Trinajstić information content (AvgIpc) is 3.27. The van der Waals surface area contributed by atoms with Crippen molar-refractivity contribution in [2.45, 2.75) is 45.2 Å². The van der Waals surface area contributed by atoms with Crippen LogP contribution in [0.15, 0.2) is 41.5 Å². The molecule has 3 rings (SSSR count). The van der Waals surface area contributed by atoms with Crippen molar-refractivity contribution in [3.63, 3.8) is 0 Å². The molecule has 2 amide bonds. The molecule has 7 nitrogen and oxygen atoms in total. The van der Waals surface area contributed by atoms with Crippen LogP contribution in [0.2, 0.25) is 0 Å². The predicted molar refractivity (Wildman–Crippen MR) is 110 cm³/mol. The van der Waals surface area contributed by atoms with Gasteiger partial charge in [0.25, 0.3) is 11.8 Å². The first-order valence-corrected chi connectivity index (χ1v) is 9.98. The molecule has 0 aliphatic heterocycles. The third kappa shape index (κ3) is 4.85. The van der Waals surface area contributed by atoms with Crippen molar-refractivity contribution >= 4 is 11.8 Å². The SMILES string of the molecule is CCNC(=O)c1cn(C2CCCC2)cc(C(=O)NCc2ccc(OC)cc2)c1=O. The van der Waals surface area contributed by atoms with Crippen molar-refractivity contribution in [3.05, 3.63) is 63.6 Å². The molecular formula is C22H27N3O4. The van der Waals surface area contributed by atoms with Gasteiger partial charge in [-0.15, -0.1) is 0 Å². The summed E-state index contributed by atoms with van der Waals surface area (Å²) >= 11 is 0. The highest BCUT2D eigenvalue weighted by Crippen LogP contribution is 2.29. The quantitative estimate of drug-likeness (QED) is 0.752. The second-order valence-corrected chi connectivity index (χ2v) is 7.19. The van der Waals surface area contributed by atoms with Gasteiger partial charge in [-0.3, -0.25) is 14.4 Å². The van der Waals surface area contributed by atoms with Crippen LogP contribution in [0.4, 0.5) is 0 Å². The number of hydrogen-bond acceptors (Lipinski definition) is 4. The fourth-order valence-corrected chi connectivity index (χ4v) is 3.61. The van der Waals surface area contributed by atoms with E-state index in [0.29, 0.717) is 6.54 Å². The van der Waals surface area contributed by atoms with Gasteiger partial charge in [0.1, 0.15) is 16.9 Å². The van der Waals surface area contributed by atoms with E-state index in [2.05, 4.69) is 10.6 Å². The molecule has 1 fully saturated rings. The number of carbonyl (C=O) groups excluding carboxylic acids is 2. The molecule has 2 aromatic rings. The highest BCUT2D eigenvalue weighted by molar-refractivity contribution is 5.99. The first-order valence-electron chi connectivity index (χ1n) is 9.98. The van der Waals surface area contributed by atoms with Crippen molar-refractivity contribution in [2.24, 2.45) is 0 Å². The first kappa shape index (κ1) is 20.6. The third-order valence-corrected chi connectivity index (χ3v) is 5.23. The Morgan fingerprint density at radius 2 is 1.62 bits per heavy atom. The van der Waals surface area contributed by atoms with E-state index in [0.717, 1.165) is 37.0 Å². The van der Waals surface area contributed by atoms with Crippen molar-refractivity contribution in [3.8, 4) is 5.75 Å². The molecule has 154 valence electrons. The molecule has 1 saturated carbocycles. The molecule has 1 aromatic heterocycles. The number of methoxy groups -OCH3 is 1. The first-order chi connectivity index (χ1) is 14.0. The number of nitrogens with one attached hydrogen (secondary N) is 2. The van der Waals surface area contributed by atoms with Gasteiger partial charge in [-0.05, 0) is 37.5 Å². The zero-order chi connectivity index (χ0) is 20.8. The van der Waals surface area contributed by atoms with Gasteiger partial charge >= 0.3 is 0 Å². The smallest absolute Gasteiger partial charge is 0.257 e. The summed E-state index contributed by atoms with van der Waals surface area (Å²) in [5.74, 6) is -0.202. The van der Waals surface area contributed by atoms with Crippen LogP contribution in [0.3, 0.4) is 0 Å². The minimum Gasteiger partial charge on any atom is -0.497 e. The highest BCUT2D eigenvalue weighted by Gasteiger charge is 2.23. The van der Waals surface area contributed by atoms with Crippen molar-refractivity contribution < 1.29 is 14.3 Å². The van der Waals surface area contributed by atoms with E-state index in [1.54, 1.807) is 26.4 Å². The summed E-state index contributed by atoms with van der Waals surface area (Å²) in [5.41, 5.74) is 0.345. The summed E-state index contributed by atoms with van der Waals surface area (Å²) in [6.45, 7) is 2.48. The zero-order valence-electron chi connectivity index (χ0n) is 16.9. The van der Waals surface area contributed by atoms with E-state index >= 15 is 0 Å². The minimum absolute atomic E-state index is 0.00540. The van der Waals surface area contributed by atoms with Crippen LogP contribution in [0.1, 0.15) is 64.9 Å². The largest absolute Gasteiger partial charge is 0.497 e. The maximum absolute atomic E-state index is 12.8. The zero-order valence-corrected chi connectivity index (χ0v) is 16.9. The van der Waals surface area contributed by atoms with Gasteiger partial charge in [-0.1, -0.05) is 25.0 Å². The van der Waals surface area contributed by atoms with Crippen molar-refractivity contribution in [1.29, 1.82) is 0 Å². The molecule has 1 aliphatic carbocycles. The number of pyridine rings is 1. The summed E-state index contributed by atoms with van der Waals surface area (Å²) < 4.78 is 6.99. The number of rotatable bonds is 7. The van der Waals surface area contributed by atoms with Crippen LogP contribution in [-0.4, -0.2) is 30.0 Å². The summed E-state index contributed by atoms with van der Waals surface area (Å²) in [4.78, 5) is 38.0. The van der Waals surface area contributed by atoms with Crippen LogP contribution in [0.25, 0.3) is 0 Å². The lowest BCUT2D eigenvalue weighted by Crippen LogP contribution is -2.35. The predicted octanol–water partition coefficient (Wildman–Crippen LogP) is 2.65. The topological polar surface area (TPSA) is 89.4 Å². The van der Waals surface area contributed by atoms with Gasteiger partial charge in [0.2, 0.25) is 5.43 Å². The van der Waals surface area contributed by atoms with Crippen LogP contribution >= 0.6 is 0 Å². The Balaban J connectivity index is 1.85.